The summed E-state index contributed by atoms with van der Waals surface area (Å²) in [6.45, 7) is 4.50. The molecular formula is C24H26N6O3. The summed E-state index contributed by atoms with van der Waals surface area (Å²) in [6, 6.07) is 5.62. The van der Waals surface area contributed by atoms with Gasteiger partial charge in [0.25, 0.3) is 11.8 Å². The number of hydrogen-bond acceptors (Lipinski definition) is 8. The third kappa shape index (κ3) is 5.02. The van der Waals surface area contributed by atoms with Gasteiger partial charge in [0.15, 0.2) is 5.75 Å². The number of hydrogen-bond donors (Lipinski definition) is 2. The quantitative estimate of drug-likeness (QED) is 0.543. The van der Waals surface area contributed by atoms with Gasteiger partial charge in [-0.1, -0.05) is 6.92 Å². The molecule has 2 aliphatic rings. The summed E-state index contributed by atoms with van der Waals surface area (Å²) >= 11 is 0. The molecule has 0 spiro atoms. The second-order valence-electron chi connectivity index (χ2n) is 8.42. The van der Waals surface area contributed by atoms with Crippen molar-refractivity contribution in [3.8, 4) is 22.9 Å². The van der Waals surface area contributed by atoms with Gasteiger partial charge in [-0.3, -0.25) is 9.78 Å². The molecule has 1 aliphatic heterocycles. The highest BCUT2D eigenvalue weighted by Crippen LogP contribution is 2.35. The Morgan fingerprint density at radius 1 is 1.15 bits per heavy atom. The van der Waals surface area contributed by atoms with Crippen LogP contribution >= 0.6 is 0 Å². The number of nitrogens with one attached hydrogen (secondary N) is 2. The van der Waals surface area contributed by atoms with Crippen molar-refractivity contribution in [2.24, 2.45) is 5.92 Å². The van der Waals surface area contributed by atoms with Gasteiger partial charge in [0.1, 0.15) is 25.4 Å². The van der Waals surface area contributed by atoms with Crippen molar-refractivity contribution in [3.63, 3.8) is 0 Å². The van der Waals surface area contributed by atoms with Crippen molar-refractivity contribution in [2.75, 3.05) is 31.6 Å². The van der Waals surface area contributed by atoms with E-state index in [0.29, 0.717) is 54.4 Å². The largest absolute Gasteiger partial charge is 0.484 e. The van der Waals surface area contributed by atoms with Crippen LogP contribution in [0.5, 0.6) is 11.6 Å². The second-order valence-corrected chi connectivity index (χ2v) is 8.42. The van der Waals surface area contributed by atoms with Crippen LogP contribution in [0.4, 0.5) is 5.82 Å². The first-order chi connectivity index (χ1) is 16.2. The third-order valence-corrected chi connectivity index (χ3v) is 5.80. The predicted octanol–water partition coefficient (Wildman–Crippen LogP) is 3.06. The lowest BCUT2D eigenvalue weighted by Crippen LogP contribution is -2.25. The maximum atomic E-state index is 12.4. The number of rotatable bonds is 8. The van der Waals surface area contributed by atoms with Crippen molar-refractivity contribution >= 4 is 11.7 Å². The molecule has 5 rings (SSSR count). The van der Waals surface area contributed by atoms with Crippen LogP contribution in [0.15, 0.2) is 43.1 Å². The summed E-state index contributed by atoms with van der Waals surface area (Å²) in [5, 5.41) is 6.34. The molecular weight excluding hydrogens is 420 g/mol. The minimum absolute atomic E-state index is 0.107. The van der Waals surface area contributed by atoms with E-state index in [4.69, 9.17) is 9.47 Å². The van der Waals surface area contributed by atoms with Crippen LogP contribution in [0.1, 0.15) is 41.6 Å². The zero-order valence-corrected chi connectivity index (χ0v) is 18.5. The minimum atomic E-state index is -0.107. The fourth-order valence-electron chi connectivity index (χ4n) is 3.71. The summed E-state index contributed by atoms with van der Waals surface area (Å²) in [5.41, 5.74) is 3.03. The van der Waals surface area contributed by atoms with E-state index in [1.54, 1.807) is 18.6 Å². The normalized spacial score (nSPS) is 15.5. The Bertz CT molecular complexity index is 1150. The maximum Gasteiger partial charge on any atom is 0.257 e. The summed E-state index contributed by atoms with van der Waals surface area (Å²) in [4.78, 5) is 29.6. The Morgan fingerprint density at radius 3 is 2.91 bits per heavy atom. The van der Waals surface area contributed by atoms with E-state index in [-0.39, 0.29) is 11.8 Å². The van der Waals surface area contributed by atoms with Crippen molar-refractivity contribution in [3.05, 3.63) is 54.2 Å². The molecule has 170 valence electrons. The van der Waals surface area contributed by atoms with Crippen LogP contribution in [0.25, 0.3) is 11.3 Å². The van der Waals surface area contributed by atoms with Gasteiger partial charge < -0.3 is 20.1 Å². The van der Waals surface area contributed by atoms with Crippen molar-refractivity contribution in [2.45, 2.75) is 25.7 Å². The molecule has 9 nitrogen and oxygen atoms in total. The molecule has 0 radical (unpaired) electrons. The van der Waals surface area contributed by atoms with Crippen LogP contribution in [0.2, 0.25) is 0 Å². The van der Waals surface area contributed by atoms with Crippen LogP contribution in [-0.4, -0.2) is 52.1 Å². The molecule has 0 aromatic carbocycles. The first-order valence-electron chi connectivity index (χ1n) is 11.2. The highest BCUT2D eigenvalue weighted by molar-refractivity contribution is 5.95. The number of nitrogens with zero attached hydrogens (tertiary/aromatic N) is 4. The smallest absolute Gasteiger partial charge is 0.257 e. The van der Waals surface area contributed by atoms with Gasteiger partial charge in [-0.15, -0.1) is 0 Å². The van der Waals surface area contributed by atoms with Gasteiger partial charge in [0.2, 0.25) is 0 Å². The predicted molar refractivity (Wildman–Crippen MR) is 122 cm³/mol. The molecule has 2 N–H and O–H groups in total. The highest BCUT2D eigenvalue weighted by atomic mass is 16.6. The summed E-state index contributed by atoms with van der Waals surface area (Å²) in [5.74, 6) is 2.61. The Labute approximate surface area is 192 Å². The van der Waals surface area contributed by atoms with Gasteiger partial charge in [0.05, 0.1) is 11.3 Å². The van der Waals surface area contributed by atoms with E-state index in [0.717, 1.165) is 17.7 Å². The monoisotopic (exact) mass is 446 g/mol. The van der Waals surface area contributed by atoms with Gasteiger partial charge in [-0.25, -0.2) is 15.0 Å². The minimum Gasteiger partial charge on any atom is -0.484 e. The lowest BCUT2D eigenvalue weighted by molar-refractivity contribution is 0.0951. The molecule has 1 atom stereocenters. The van der Waals surface area contributed by atoms with E-state index in [2.05, 4.69) is 37.5 Å². The fourth-order valence-corrected chi connectivity index (χ4v) is 3.71. The topological polar surface area (TPSA) is 111 Å². The second kappa shape index (κ2) is 9.40. The molecule has 1 amide bonds. The first-order valence-corrected chi connectivity index (χ1v) is 11.2. The molecule has 0 unspecified atom stereocenters. The fraction of sp³-hybridized carbons (Fsp3) is 0.375. The number of ether oxygens (including phenoxy) is 2. The van der Waals surface area contributed by atoms with Crippen LogP contribution in [-0.2, 0) is 0 Å². The number of carbonyl (C=O) groups is 1. The standard InChI is InChI=1S/C24H26N6O3/c1-15(19-4-5-26-24-22(19)32-6-7-33-24)10-27-21-9-20(29-14-30-21)17-8-18(13-25-12-17)23(31)28-11-16-2-3-16/h4-5,8-9,12-16H,2-3,6-7,10-11H2,1H3,(H,28,31)(H,27,29,30)/t15-/m1/s1. The van der Waals surface area contributed by atoms with Crippen LogP contribution in [0, 0.1) is 5.92 Å². The van der Waals surface area contributed by atoms with Crippen molar-refractivity contribution in [1.82, 2.24) is 25.3 Å². The van der Waals surface area contributed by atoms with Crippen LogP contribution in [0.3, 0.4) is 0 Å². The highest BCUT2D eigenvalue weighted by Gasteiger charge is 2.22. The van der Waals surface area contributed by atoms with E-state index < -0.39 is 0 Å². The van der Waals surface area contributed by atoms with Gasteiger partial charge in [-0.05, 0) is 30.9 Å². The van der Waals surface area contributed by atoms with Crippen molar-refractivity contribution in [1.29, 1.82) is 0 Å². The average molecular weight is 447 g/mol. The average Bonchev–Trinajstić information content (AvgIpc) is 3.70. The van der Waals surface area contributed by atoms with Crippen molar-refractivity contribution < 1.29 is 14.3 Å². The Morgan fingerprint density at radius 2 is 2.03 bits per heavy atom. The number of aromatic nitrogens is 4. The Kier molecular flexibility index (Phi) is 6.01. The SMILES string of the molecule is C[C@H](CNc1cc(-c2cncc(C(=O)NCC3CC3)c2)ncn1)c1ccnc2c1OCCO2. The number of pyridine rings is 2. The molecule has 3 aromatic rings. The third-order valence-electron chi connectivity index (χ3n) is 5.80. The lowest BCUT2D eigenvalue weighted by Gasteiger charge is -2.22. The first kappa shape index (κ1) is 21.1. The van der Waals surface area contributed by atoms with Gasteiger partial charge in [-0.2, -0.15) is 0 Å². The van der Waals surface area contributed by atoms with E-state index in [1.807, 2.05) is 18.2 Å². The number of fused-ring (bicyclic) bond motifs is 1. The number of amides is 1. The zero-order valence-electron chi connectivity index (χ0n) is 18.5. The number of carbonyl (C=O) groups excluding carboxylic acids is 1. The molecule has 4 heterocycles. The molecule has 1 saturated carbocycles. The summed E-state index contributed by atoms with van der Waals surface area (Å²) in [7, 11) is 0. The van der Waals surface area contributed by atoms with Crippen LogP contribution < -0.4 is 20.1 Å². The summed E-state index contributed by atoms with van der Waals surface area (Å²) in [6.07, 6.45) is 8.91. The summed E-state index contributed by atoms with van der Waals surface area (Å²) < 4.78 is 11.4. The Balaban J connectivity index is 1.26. The van der Waals surface area contributed by atoms with Gasteiger partial charge >= 0.3 is 0 Å². The van der Waals surface area contributed by atoms with Gasteiger partial charge in [0, 0.05) is 54.8 Å². The molecule has 1 aliphatic carbocycles. The van der Waals surface area contributed by atoms with E-state index in [1.165, 1.54) is 19.2 Å². The maximum absolute atomic E-state index is 12.4. The lowest BCUT2D eigenvalue weighted by atomic mass is 10.0. The molecule has 0 bridgehead atoms. The zero-order chi connectivity index (χ0) is 22.6. The van der Waals surface area contributed by atoms with E-state index in [9.17, 15) is 4.79 Å². The Hall–Kier alpha value is -3.75. The molecule has 1 fully saturated rings. The molecule has 3 aromatic heterocycles. The number of anilines is 1. The molecule has 33 heavy (non-hydrogen) atoms. The van der Waals surface area contributed by atoms with E-state index >= 15 is 0 Å². The molecule has 9 heteroatoms. The molecule has 0 saturated heterocycles.